The minimum absolute atomic E-state index is 0.305. The van der Waals surface area contributed by atoms with Gasteiger partial charge in [0.1, 0.15) is 0 Å². The summed E-state index contributed by atoms with van der Waals surface area (Å²) in [4.78, 5) is 1.40. The van der Waals surface area contributed by atoms with Crippen molar-refractivity contribution in [2.45, 2.75) is 25.3 Å². The van der Waals surface area contributed by atoms with E-state index in [-0.39, 0.29) is 0 Å². The zero-order valence-corrected chi connectivity index (χ0v) is 14.0. The summed E-state index contributed by atoms with van der Waals surface area (Å²) in [6.07, 6.45) is 3.44. The summed E-state index contributed by atoms with van der Waals surface area (Å²) in [5.74, 6) is 0. The minimum Gasteiger partial charge on any atom is -0.377 e. The number of fused-ring (bicyclic) bond motifs is 1. The smallest absolute Gasteiger partial charge is 0.0934 e. The van der Waals surface area contributed by atoms with Crippen molar-refractivity contribution in [1.29, 1.82) is 0 Å². The maximum absolute atomic E-state index is 6.24. The van der Waals surface area contributed by atoms with Crippen LogP contribution in [0, 0.1) is 0 Å². The third kappa shape index (κ3) is 2.94. The van der Waals surface area contributed by atoms with E-state index >= 15 is 0 Å². The highest BCUT2D eigenvalue weighted by atomic mass is 79.9. The van der Waals surface area contributed by atoms with Gasteiger partial charge in [0, 0.05) is 9.35 Å². The Kier molecular flexibility index (Phi) is 4.08. The summed E-state index contributed by atoms with van der Waals surface area (Å²) >= 11 is 17.5. The van der Waals surface area contributed by atoms with Crippen LogP contribution in [0.1, 0.15) is 29.3 Å². The molecular weight excluding hydrogens is 365 g/mol. The van der Waals surface area contributed by atoms with Crippen LogP contribution in [-0.2, 0) is 6.42 Å². The zero-order chi connectivity index (χ0) is 13.4. The second-order valence-electron chi connectivity index (χ2n) is 4.64. The number of thiophene rings is 1. The molecule has 0 fully saturated rings. The molecule has 1 N–H and O–H groups in total. The molecule has 0 amide bonds. The fourth-order valence-corrected chi connectivity index (χ4v) is 4.38. The second kappa shape index (κ2) is 5.65. The first-order valence-electron chi connectivity index (χ1n) is 6.13. The second-order valence-corrected chi connectivity index (χ2v) is 7.73. The Bertz CT molecular complexity index is 611. The first kappa shape index (κ1) is 13.7. The average molecular weight is 377 g/mol. The quantitative estimate of drug-likeness (QED) is 0.647. The normalized spacial score (nSPS) is 18.2. The van der Waals surface area contributed by atoms with Gasteiger partial charge in [0.25, 0.3) is 0 Å². The van der Waals surface area contributed by atoms with E-state index < -0.39 is 0 Å². The van der Waals surface area contributed by atoms with Gasteiger partial charge in [-0.05, 0) is 49.1 Å². The van der Waals surface area contributed by atoms with Gasteiger partial charge in [-0.25, -0.2) is 0 Å². The third-order valence-corrected chi connectivity index (χ3v) is 5.50. The largest absolute Gasteiger partial charge is 0.377 e. The van der Waals surface area contributed by atoms with Crippen LogP contribution in [0.15, 0.2) is 28.7 Å². The first-order valence-corrected chi connectivity index (χ1v) is 8.50. The summed E-state index contributed by atoms with van der Waals surface area (Å²) in [5.41, 5.74) is 2.30. The van der Waals surface area contributed by atoms with E-state index in [1.54, 1.807) is 11.3 Å². The molecule has 1 heterocycles. The summed E-state index contributed by atoms with van der Waals surface area (Å²) < 4.78 is 1.90. The molecule has 1 aliphatic rings. The lowest BCUT2D eigenvalue weighted by Gasteiger charge is -2.25. The van der Waals surface area contributed by atoms with E-state index in [9.17, 15) is 0 Å². The SMILES string of the molecule is Clc1cc2c(s1)CCCC2Nc1cc(Br)ccc1Cl. The lowest BCUT2D eigenvalue weighted by Crippen LogP contribution is -2.15. The van der Waals surface area contributed by atoms with Gasteiger partial charge in [-0.1, -0.05) is 39.1 Å². The van der Waals surface area contributed by atoms with Crippen molar-refractivity contribution >= 4 is 56.2 Å². The molecule has 3 rings (SSSR count). The van der Waals surface area contributed by atoms with Crippen LogP contribution in [0.4, 0.5) is 5.69 Å². The van der Waals surface area contributed by atoms with E-state index in [0.29, 0.717) is 6.04 Å². The molecule has 1 nitrogen and oxygen atoms in total. The van der Waals surface area contributed by atoms with Gasteiger partial charge in [-0.2, -0.15) is 0 Å². The van der Waals surface area contributed by atoms with Gasteiger partial charge < -0.3 is 5.32 Å². The molecule has 1 atom stereocenters. The lowest BCUT2D eigenvalue weighted by atomic mass is 9.94. The van der Waals surface area contributed by atoms with Gasteiger partial charge in [0.2, 0.25) is 0 Å². The van der Waals surface area contributed by atoms with E-state index in [0.717, 1.165) is 32.4 Å². The fraction of sp³-hybridized carbons (Fsp3) is 0.286. The fourth-order valence-electron chi connectivity index (χ4n) is 2.47. The molecule has 0 radical (unpaired) electrons. The van der Waals surface area contributed by atoms with Crippen LogP contribution >= 0.6 is 50.5 Å². The van der Waals surface area contributed by atoms with E-state index in [1.165, 1.54) is 16.9 Å². The predicted molar refractivity (Wildman–Crippen MR) is 87.8 cm³/mol. The van der Waals surface area contributed by atoms with Crippen molar-refractivity contribution in [3.63, 3.8) is 0 Å². The van der Waals surface area contributed by atoms with Crippen molar-refractivity contribution < 1.29 is 0 Å². The number of hydrogen-bond acceptors (Lipinski definition) is 2. The van der Waals surface area contributed by atoms with Crippen molar-refractivity contribution in [1.82, 2.24) is 0 Å². The van der Waals surface area contributed by atoms with E-state index in [1.807, 2.05) is 18.2 Å². The monoisotopic (exact) mass is 375 g/mol. The van der Waals surface area contributed by atoms with Crippen LogP contribution in [0.5, 0.6) is 0 Å². The maximum Gasteiger partial charge on any atom is 0.0934 e. The molecule has 1 unspecified atom stereocenters. The summed E-state index contributed by atoms with van der Waals surface area (Å²) in [7, 11) is 0. The highest BCUT2D eigenvalue weighted by molar-refractivity contribution is 9.10. The molecule has 0 spiro atoms. The van der Waals surface area contributed by atoms with Crippen LogP contribution in [0.25, 0.3) is 0 Å². The number of aryl methyl sites for hydroxylation is 1. The Hall–Kier alpha value is -0.220. The topological polar surface area (TPSA) is 12.0 Å². The van der Waals surface area contributed by atoms with Crippen LogP contribution in [0.2, 0.25) is 9.36 Å². The predicted octanol–water partition coefficient (Wildman–Crippen LogP) is 6.31. The molecule has 1 aromatic carbocycles. The lowest BCUT2D eigenvalue weighted by molar-refractivity contribution is 0.609. The average Bonchev–Trinajstić information content (AvgIpc) is 2.75. The molecule has 1 aliphatic carbocycles. The summed E-state index contributed by atoms with van der Waals surface area (Å²) in [6.45, 7) is 0. The van der Waals surface area contributed by atoms with Crippen molar-refractivity contribution in [2.24, 2.45) is 0 Å². The van der Waals surface area contributed by atoms with Crippen LogP contribution in [-0.4, -0.2) is 0 Å². The van der Waals surface area contributed by atoms with Crippen LogP contribution < -0.4 is 5.32 Å². The molecule has 2 aromatic rings. The van der Waals surface area contributed by atoms with Gasteiger partial charge >= 0.3 is 0 Å². The minimum atomic E-state index is 0.305. The maximum atomic E-state index is 6.24. The standard InChI is InChI=1S/C14H12BrCl2NS/c15-8-4-5-10(16)12(6-8)18-11-2-1-3-13-9(11)7-14(17)19-13/h4-7,11,18H,1-3H2. The van der Waals surface area contributed by atoms with E-state index in [4.69, 9.17) is 23.2 Å². The molecule has 0 saturated carbocycles. The van der Waals surface area contributed by atoms with Gasteiger partial charge in [0.05, 0.1) is 21.1 Å². The van der Waals surface area contributed by atoms with Crippen molar-refractivity contribution in [3.05, 3.63) is 48.5 Å². The van der Waals surface area contributed by atoms with Crippen molar-refractivity contribution in [2.75, 3.05) is 5.32 Å². The van der Waals surface area contributed by atoms with Gasteiger partial charge in [-0.15, -0.1) is 11.3 Å². The highest BCUT2D eigenvalue weighted by Crippen LogP contribution is 2.40. The number of halogens is 3. The highest BCUT2D eigenvalue weighted by Gasteiger charge is 2.23. The van der Waals surface area contributed by atoms with Gasteiger partial charge in [-0.3, -0.25) is 0 Å². The van der Waals surface area contributed by atoms with E-state index in [2.05, 4.69) is 27.3 Å². The molecule has 19 heavy (non-hydrogen) atoms. The summed E-state index contributed by atoms with van der Waals surface area (Å²) in [6, 6.07) is 8.26. The Labute approximate surface area is 135 Å². The van der Waals surface area contributed by atoms with Crippen LogP contribution in [0.3, 0.4) is 0 Å². The molecular formula is C14H12BrCl2NS. The molecule has 0 aliphatic heterocycles. The number of rotatable bonds is 2. The van der Waals surface area contributed by atoms with Crippen molar-refractivity contribution in [3.8, 4) is 0 Å². The molecule has 100 valence electrons. The third-order valence-electron chi connectivity index (χ3n) is 3.34. The molecule has 0 bridgehead atoms. The molecule has 1 aromatic heterocycles. The Morgan fingerprint density at radius 2 is 2.11 bits per heavy atom. The summed E-state index contributed by atoms with van der Waals surface area (Å²) in [5, 5.41) is 4.29. The number of hydrogen-bond donors (Lipinski definition) is 1. The number of anilines is 1. The Morgan fingerprint density at radius 3 is 2.95 bits per heavy atom. The molecule has 5 heteroatoms. The van der Waals surface area contributed by atoms with Gasteiger partial charge in [0.15, 0.2) is 0 Å². The Balaban J connectivity index is 1.90. The zero-order valence-electron chi connectivity index (χ0n) is 10.1. The molecule has 0 saturated heterocycles. The number of nitrogens with one attached hydrogen (secondary N) is 1. The number of benzene rings is 1. The Morgan fingerprint density at radius 1 is 1.26 bits per heavy atom. The first-order chi connectivity index (χ1) is 9.13.